The van der Waals surface area contributed by atoms with Gasteiger partial charge in [0.15, 0.2) is 5.69 Å². The summed E-state index contributed by atoms with van der Waals surface area (Å²) in [5.41, 5.74) is 2.56. The van der Waals surface area contributed by atoms with E-state index >= 15 is 0 Å². The van der Waals surface area contributed by atoms with Crippen molar-refractivity contribution < 1.29 is 14.3 Å². The van der Waals surface area contributed by atoms with Gasteiger partial charge in [-0.25, -0.2) is 9.48 Å². The maximum atomic E-state index is 13.5. The van der Waals surface area contributed by atoms with Crippen molar-refractivity contribution in [2.75, 3.05) is 18.1 Å². The molecule has 6 nitrogen and oxygen atoms in total. The minimum absolute atomic E-state index is 0.178. The first-order valence-electron chi connectivity index (χ1n) is 9.12. The van der Waals surface area contributed by atoms with Gasteiger partial charge in [0.2, 0.25) is 0 Å². The molecule has 0 N–H and O–H groups in total. The smallest absolute Gasteiger partial charge is 0.359 e. The van der Waals surface area contributed by atoms with Crippen molar-refractivity contribution in [1.82, 2.24) is 9.78 Å². The van der Waals surface area contributed by atoms with Gasteiger partial charge in [-0.1, -0.05) is 17.7 Å². The molecule has 0 radical (unpaired) electrons. The average Bonchev–Trinajstić information content (AvgIpc) is 3.10. The van der Waals surface area contributed by atoms with E-state index in [0.29, 0.717) is 34.9 Å². The maximum Gasteiger partial charge on any atom is 0.359 e. The van der Waals surface area contributed by atoms with Crippen molar-refractivity contribution in [3.05, 3.63) is 74.1 Å². The summed E-state index contributed by atoms with van der Waals surface area (Å²) >= 11 is 8.37. The monoisotopic (exact) mass is 521 g/mol. The molecule has 8 heteroatoms. The summed E-state index contributed by atoms with van der Waals surface area (Å²) in [6.45, 7) is 2.43. The number of rotatable bonds is 4. The number of hydrogen-bond donors (Lipinski definition) is 0. The number of hydrogen-bond acceptors (Lipinski definition) is 4. The summed E-state index contributed by atoms with van der Waals surface area (Å²) in [5, 5.41) is 4.97. The van der Waals surface area contributed by atoms with Gasteiger partial charge in [0, 0.05) is 26.4 Å². The summed E-state index contributed by atoms with van der Waals surface area (Å²) < 4.78 is 7.74. The SMILES string of the molecule is CCOC(=O)c1nn(-c2cccc(Cl)c2)c2c1CCN(c1ccc(I)cc1)C2=O. The number of esters is 1. The predicted molar refractivity (Wildman–Crippen MR) is 119 cm³/mol. The van der Waals surface area contributed by atoms with Crippen LogP contribution < -0.4 is 4.90 Å². The van der Waals surface area contributed by atoms with Crippen LogP contribution in [0.1, 0.15) is 33.5 Å². The van der Waals surface area contributed by atoms with Crippen LogP contribution in [0.5, 0.6) is 0 Å². The molecule has 1 aliphatic rings. The number of nitrogens with zero attached hydrogens (tertiary/aromatic N) is 3. The number of benzene rings is 2. The molecular formula is C21H17ClIN3O3. The topological polar surface area (TPSA) is 64.4 Å². The van der Waals surface area contributed by atoms with E-state index in [1.165, 1.54) is 4.68 Å². The van der Waals surface area contributed by atoms with Crippen LogP contribution in [-0.4, -0.2) is 34.8 Å². The largest absolute Gasteiger partial charge is 0.461 e. The third-order valence-corrected chi connectivity index (χ3v) is 5.63. The molecule has 0 atom stereocenters. The summed E-state index contributed by atoms with van der Waals surface area (Å²) in [7, 11) is 0. The highest BCUT2D eigenvalue weighted by atomic mass is 127. The van der Waals surface area contributed by atoms with Gasteiger partial charge in [-0.05, 0) is 78.4 Å². The lowest BCUT2D eigenvalue weighted by Crippen LogP contribution is -2.39. The first kappa shape index (κ1) is 19.9. The van der Waals surface area contributed by atoms with Crippen LogP contribution in [0, 0.1) is 3.57 Å². The predicted octanol–water partition coefficient (Wildman–Crippen LogP) is 4.51. The number of anilines is 1. The van der Waals surface area contributed by atoms with E-state index < -0.39 is 5.97 Å². The molecule has 1 amide bonds. The highest BCUT2D eigenvalue weighted by Crippen LogP contribution is 2.30. The van der Waals surface area contributed by atoms with E-state index in [2.05, 4.69) is 27.7 Å². The molecule has 0 saturated carbocycles. The fourth-order valence-corrected chi connectivity index (χ4v) is 3.93. The number of carbonyl (C=O) groups is 2. The van der Waals surface area contributed by atoms with E-state index in [9.17, 15) is 9.59 Å². The van der Waals surface area contributed by atoms with Crippen LogP contribution >= 0.6 is 34.2 Å². The molecule has 0 aliphatic carbocycles. The average molecular weight is 522 g/mol. The molecule has 29 heavy (non-hydrogen) atoms. The zero-order chi connectivity index (χ0) is 20.5. The molecule has 0 saturated heterocycles. The lowest BCUT2D eigenvalue weighted by molar-refractivity contribution is 0.0517. The Labute approximate surface area is 186 Å². The molecule has 0 bridgehead atoms. The van der Waals surface area contributed by atoms with Crippen LogP contribution in [0.4, 0.5) is 5.69 Å². The lowest BCUT2D eigenvalue weighted by atomic mass is 10.0. The Kier molecular flexibility index (Phi) is 5.60. The standard InChI is InChI=1S/C21H17ClIN3O3/c1-2-29-21(28)18-17-10-11-25(15-8-6-14(23)7-9-15)20(27)19(17)26(24-18)16-5-3-4-13(22)12-16/h3-9,12H,2,10-11H2,1H3. The molecule has 148 valence electrons. The van der Waals surface area contributed by atoms with Gasteiger partial charge < -0.3 is 9.64 Å². The molecule has 2 heterocycles. The van der Waals surface area contributed by atoms with Crippen molar-refractivity contribution >= 4 is 51.8 Å². The second kappa shape index (κ2) is 8.16. The van der Waals surface area contributed by atoms with E-state index in [1.54, 1.807) is 36.1 Å². The number of aromatic nitrogens is 2. The second-order valence-electron chi connectivity index (χ2n) is 6.47. The van der Waals surface area contributed by atoms with Gasteiger partial charge in [0.05, 0.1) is 12.3 Å². The molecule has 1 aromatic heterocycles. The number of halogens is 2. The van der Waals surface area contributed by atoms with Crippen molar-refractivity contribution in [3.8, 4) is 5.69 Å². The van der Waals surface area contributed by atoms with Crippen molar-refractivity contribution in [2.45, 2.75) is 13.3 Å². The zero-order valence-corrected chi connectivity index (χ0v) is 18.5. The number of carbonyl (C=O) groups excluding carboxylic acids is 2. The summed E-state index contributed by atoms with van der Waals surface area (Å²) in [6.07, 6.45) is 0.502. The number of fused-ring (bicyclic) bond motifs is 1. The zero-order valence-electron chi connectivity index (χ0n) is 15.6. The highest BCUT2D eigenvalue weighted by Gasteiger charge is 2.35. The molecule has 3 aromatic rings. The first-order chi connectivity index (χ1) is 14.0. The van der Waals surface area contributed by atoms with Crippen LogP contribution in [0.25, 0.3) is 5.69 Å². The molecule has 0 fully saturated rings. The Morgan fingerprint density at radius 3 is 2.66 bits per heavy atom. The summed E-state index contributed by atoms with van der Waals surface area (Å²) in [4.78, 5) is 27.6. The van der Waals surface area contributed by atoms with Crippen LogP contribution in [0.15, 0.2) is 48.5 Å². The molecule has 0 unspecified atom stereocenters. The third kappa shape index (κ3) is 3.76. The number of ether oxygens (including phenoxy) is 1. The highest BCUT2D eigenvalue weighted by molar-refractivity contribution is 14.1. The Morgan fingerprint density at radius 2 is 1.97 bits per heavy atom. The van der Waals surface area contributed by atoms with Gasteiger partial charge in [0.1, 0.15) is 5.69 Å². The van der Waals surface area contributed by atoms with E-state index in [0.717, 1.165) is 9.26 Å². The Morgan fingerprint density at radius 1 is 1.21 bits per heavy atom. The van der Waals surface area contributed by atoms with Gasteiger partial charge >= 0.3 is 5.97 Å². The molecule has 2 aromatic carbocycles. The minimum Gasteiger partial charge on any atom is -0.461 e. The van der Waals surface area contributed by atoms with Gasteiger partial charge in [-0.2, -0.15) is 5.10 Å². The van der Waals surface area contributed by atoms with E-state index in [-0.39, 0.29) is 18.2 Å². The van der Waals surface area contributed by atoms with Crippen molar-refractivity contribution in [3.63, 3.8) is 0 Å². The van der Waals surface area contributed by atoms with Crippen LogP contribution in [0.2, 0.25) is 5.02 Å². The Bertz CT molecular complexity index is 1100. The lowest BCUT2D eigenvalue weighted by Gasteiger charge is -2.27. The minimum atomic E-state index is -0.528. The summed E-state index contributed by atoms with van der Waals surface area (Å²) in [5.74, 6) is -0.740. The molecule has 4 rings (SSSR count). The normalized spacial score (nSPS) is 13.3. The molecular weight excluding hydrogens is 505 g/mol. The quantitative estimate of drug-likeness (QED) is 0.374. The van der Waals surface area contributed by atoms with E-state index in [4.69, 9.17) is 16.3 Å². The third-order valence-electron chi connectivity index (χ3n) is 4.68. The van der Waals surface area contributed by atoms with Gasteiger partial charge in [0.25, 0.3) is 5.91 Å². The molecule has 1 aliphatic heterocycles. The Balaban J connectivity index is 1.85. The van der Waals surface area contributed by atoms with E-state index in [1.807, 2.05) is 24.3 Å². The van der Waals surface area contributed by atoms with Crippen LogP contribution in [0.3, 0.4) is 0 Å². The maximum absolute atomic E-state index is 13.5. The van der Waals surface area contributed by atoms with Crippen molar-refractivity contribution in [2.24, 2.45) is 0 Å². The summed E-state index contributed by atoms with van der Waals surface area (Å²) in [6, 6.07) is 14.8. The number of amides is 1. The van der Waals surface area contributed by atoms with Crippen molar-refractivity contribution in [1.29, 1.82) is 0 Å². The fourth-order valence-electron chi connectivity index (χ4n) is 3.39. The first-order valence-corrected chi connectivity index (χ1v) is 10.6. The molecule has 0 spiro atoms. The second-order valence-corrected chi connectivity index (χ2v) is 8.15. The fraction of sp³-hybridized carbons (Fsp3) is 0.190. The van der Waals surface area contributed by atoms with Crippen LogP contribution in [-0.2, 0) is 11.2 Å². The van der Waals surface area contributed by atoms with Gasteiger partial charge in [-0.3, -0.25) is 4.79 Å². The van der Waals surface area contributed by atoms with Gasteiger partial charge in [-0.15, -0.1) is 0 Å². The Hall–Kier alpha value is -2.39.